The molecule has 6 nitrogen and oxygen atoms in total. The summed E-state index contributed by atoms with van der Waals surface area (Å²) in [6, 6.07) is 1.94. The first-order valence-electron chi connectivity index (χ1n) is 5.86. The molecule has 0 aliphatic carbocycles. The zero-order valence-corrected chi connectivity index (χ0v) is 10.8. The molecular weight excluding hydrogens is 230 g/mol. The molecule has 0 aromatic carbocycles. The number of H-pyrrole nitrogens is 1. The summed E-state index contributed by atoms with van der Waals surface area (Å²) in [5, 5.41) is 13.9. The van der Waals surface area contributed by atoms with Gasteiger partial charge in [-0.25, -0.2) is 0 Å². The number of carbonyl (C=O) groups is 1. The van der Waals surface area contributed by atoms with E-state index in [0.717, 1.165) is 23.5 Å². The van der Waals surface area contributed by atoms with Crippen molar-refractivity contribution in [3.05, 3.63) is 34.9 Å². The van der Waals surface area contributed by atoms with Crippen LogP contribution in [0.2, 0.25) is 0 Å². The Kier molecular flexibility index (Phi) is 3.45. The fraction of sp³-hybridized carbons (Fsp3) is 0.417. The average molecular weight is 247 g/mol. The molecule has 2 heterocycles. The number of rotatable bonds is 4. The highest BCUT2D eigenvalue weighted by Gasteiger charge is 2.14. The van der Waals surface area contributed by atoms with Crippen molar-refractivity contribution in [1.82, 2.24) is 25.3 Å². The summed E-state index contributed by atoms with van der Waals surface area (Å²) < 4.78 is 1.75. The largest absolute Gasteiger partial charge is 0.352 e. The van der Waals surface area contributed by atoms with Gasteiger partial charge in [-0.05, 0) is 19.9 Å². The van der Waals surface area contributed by atoms with Crippen molar-refractivity contribution in [1.29, 1.82) is 0 Å². The predicted molar refractivity (Wildman–Crippen MR) is 67.3 cm³/mol. The lowest BCUT2D eigenvalue weighted by Crippen LogP contribution is -2.26. The fourth-order valence-corrected chi connectivity index (χ4v) is 1.87. The Morgan fingerprint density at radius 1 is 1.50 bits per heavy atom. The first kappa shape index (κ1) is 12.3. The van der Waals surface area contributed by atoms with Gasteiger partial charge in [-0.15, -0.1) is 0 Å². The van der Waals surface area contributed by atoms with Gasteiger partial charge in [0.25, 0.3) is 5.91 Å². The van der Waals surface area contributed by atoms with E-state index in [-0.39, 0.29) is 5.91 Å². The summed E-state index contributed by atoms with van der Waals surface area (Å²) in [5.74, 6) is -0.0883. The first-order valence-corrected chi connectivity index (χ1v) is 5.86. The maximum absolute atomic E-state index is 11.9. The lowest BCUT2D eigenvalue weighted by Gasteiger charge is -2.03. The third-order valence-corrected chi connectivity index (χ3v) is 2.79. The molecule has 0 saturated heterocycles. The Balaban J connectivity index is 1.89. The second-order valence-electron chi connectivity index (χ2n) is 4.30. The molecule has 0 aliphatic heterocycles. The van der Waals surface area contributed by atoms with Crippen LogP contribution in [0.5, 0.6) is 0 Å². The molecule has 18 heavy (non-hydrogen) atoms. The van der Waals surface area contributed by atoms with E-state index in [2.05, 4.69) is 20.6 Å². The number of hydrogen-bond donors (Lipinski definition) is 2. The normalized spacial score (nSPS) is 10.6. The van der Waals surface area contributed by atoms with Crippen molar-refractivity contribution in [3.8, 4) is 0 Å². The van der Waals surface area contributed by atoms with Crippen molar-refractivity contribution >= 4 is 5.91 Å². The highest BCUT2D eigenvalue weighted by molar-refractivity contribution is 5.96. The molecule has 0 saturated carbocycles. The number of nitrogens with zero attached hydrogens (tertiary/aromatic N) is 3. The van der Waals surface area contributed by atoms with Gasteiger partial charge in [-0.3, -0.25) is 14.6 Å². The molecule has 0 atom stereocenters. The molecule has 2 aromatic rings. The van der Waals surface area contributed by atoms with E-state index in [1.54, 1.807) is 4.68 Å². The first-order chi connectivity index (χ1) is 8.58. The number of aromatic amines is 1. The van der Waals surface area contributed by atoms with E-state index in [0.29, 0.717) is 12.1 Å². The summed E-state index contributed by atoms with van der Waals surface area (Å²) >= 11 is 0. The van der Waals surface area contributed by atoms with Crippen LogP contribution in [-0.2, 0) is 13.5 Å². The SMILES string of the molecule is Cc1n[nH]c(C)c1C(=O)NCCc1ccn(C)n1. The number of amides is 1. The topological polar surface area (TPSA) is 75.6 Å². The van der Waals surface area contributed by atoms with Crippen molar-refractivity contribution in [2.75, 3.05) is 6.54 Å². The predicted octanol–water partition coefficient (Wildman–Crippen LogP) is 0.733. The molecule has 0 fully saturated rings. The summed E-state index contributed by atoms with van der Waals surface area (Å²) in [4.78, 5) is 11.9. The standard InChI is InChI=1S/C12H17N5O/c1-8-11(9(2)15-14-8)12(18)13-6-4-10-5-7-17(3)16-10/h5,7H,4,6H2,1-3H3,(H,13,18)(H,14,15). The maximum atomic E-state index is 11.9. The second-order valence-corrected chi connectivity index (χ2v) is 4.30. The van der Waals surface area contributed by atoms with Crippen LogP contribution in [0.15, 0.2) is 12.3 Å². The van der Waals surface area contributed by atoms with Crippen molar-refractivity contribution < 1.29 is 4.79 Å². The Morgan fingerprint density at radius 3 is 2.83 bits per heavy atom. The van der Waals surface area contributed by atoms with E-state index in [9.17, 15) is 4.79 Å². The van der Waals surface area contributed by atoms with Gasteiger partial charge >= 0.3 is 0 Å². The molecule has 0 radical (unpaired) electrons. The lowest BCUT2D eigenvalue weighted by molar-refractivity contribution is 0.0953. The van der Waals surface area contributed by atoms with Gasteiger partial charge in [0.05, 0.1) is 17.0 Å². The van der Waals surface area contributed by atoms with Crippen molar-refractivity contribution in [2.24, 2.45) is 7.05 Å². The number of carbonyl (C=O) groups excluding carboxylic acids is 1. The van der Waals surface area contributed by atoms with E-state index < -0.39 is 0 Å². The zero-order valence-electron chi connectivity index (χ0n) is 10.8. The van der Waals surface area contributed by atoms with Gasteiger partial charge < -0.3 is 5.32 Å². The minimum Gasteiger partial charge on any atom is -0.352 e. The summed E-state index contributed by atoms with van der Waals surface area (Å²) in [5.41, 5.74) is 3.13. The molecule has 96 valence electrons. The fourth-order valence-electron chi connectivity index (χ4n) is 1.87. The molecule has 6 heteroatoms. The van der Waals surface area contributed by atoms with Crippen molar-refractivity contribution in [2.45, 2.75) is 20.3 Å². The molecule has 0 unspecified atom stereocenters. The van der Waals surface area contributed by atoms with E-state index in [4.69, 9.17) is 0 Å². The monoisotopic (exact) mass is 247 g/mol. The molecular formula is C12H17N5O. The van der Waals surface area contributed by atoms with Crippen LogP contribution in [0, 0.1) is 13.8 Å². The van der Waals surface area contributed by atoms with Crippen LogP contribution in [0.3, 0.4) is 0 Å². The van der Waals surface area contributed by atoms with E-state index >= 15 is 0 Å². The lowest BCUT2D eigenvalue weighted by atomic mass is 10.2. The van der Waals surface area contributed by atoms with Gasteiger partial charge in [-0.2, -0.15) is 10.2 Å². The molecule has 0 bridgehead atoms. The zero-order chi connectivity index (χ0) is 13.1. The Labute approximate surface area is 105 Å². The van der Waals surface area contributed by atoms with E-state index in [1.165, 1.54) is 0 Å². The minimum atomic E-state index is -0.0883. The van der Waals surface area contributed by atoms with Gasteiger partial charge in [0.2, 0.25) is 0 Å². The number of hydrogen-bond acceptors (Lipinski definition) is 3. The molecule has 1 amide bonds. The average Bonchev–Trinajstić information content (AvgIpc) is 2.86. The van der Waals surface area contributed by atoms with Crippen LogP contribution in [0.1, 0.15) is 27.4 Å². The Morgan fingerprint density at radius 2 is 2.28 bits per heavy atom. The summed E-state index contributed by atoms with van der Waals surface area (Å²) in [6.45, 7) is 4.23. The van der Waals surface area contributed by atoms with Crippen LogP contribution in [0.4, 0.5) is 0 Å². The third kappa shape index (κ3) is 2.58. The Hall–Kier alpha value is -2.11. The molecule has 0 aliphatic rings. The highest BCUT2D eigenvalue weighted by atomic mass is 16.1. The minimum absolute atomic E-state index is 0.0883. The van der Waals surface area contributed by atoms with Gasteiger partial charge in [-0.1, -0.05) is 0 Å². The molecule has 2 rings (SSSR count). The third-order valence-electron chi connectivity index (χ3n) is 2.79. The smallest absolute Gasteiger partial charge is 0.255 e. The van der Waals surface area contributed by atoms with Gasteiger partial charge in [0.1, 0.15) is 0 Å². The maximum Gasteiger partial charge on any atom is 0.255 e. The highest BCUT2D eigenvalue weighted by Crippen LogP contribution is 2.08. The summed E-state index contributed by atoms with van der Waals surface area (Å²) in [7, 11) is 1.88. The Bertz CT molecular complexity index is 535. The van der Waals surface area contributed by atoms with Crippen LogP contribution in [-0.4, -0.2) is 32.4 Å². The van der Waals surface area contributed by atoms with Crippen LogP contribution >= 0.6 is 0 Å². The summed E-state index contributed by atoms with van der Waals surface area (Å²) in [6.07, 6.45) is 2.62. The van der Waals surface area contributed by atoms with Crippen LogP contribution < -0.4 is 5.32 Å². The quantitative estimate of drug-likeness (QED) is 0.836. The second kappa shape index (κ2) is 5.03. The van der Waals surface area contributed by atoms with Gasteiger partial charge in [0, 0.05) is 31.9 Å². The molecule has 0 spiro atoms. The number of nitrogens with one attached hydrogen (secondary N) is 2. The molecule has 2 aromatic heterocycles. The number of aromatic nitrogens is 4. The number of aryl methyl sites for hydroxylation is 3. The van der Waals surface area contributed by atoms with Crippen molar-refractivity contribution in [3.63, 3.8) is 0 Å². The molecule has 2 N–H and O–H groups in total. The van der Waals surface area contributed by atoms with Gasteiger partial charge in [0.15, 0.2) is 0 Å². The van der Waals surface area contributed by atoms with E-state index in [1.807, 2.05) is 33.2 Å². The van der Waals surface area contributed by atoms with Crippen LogP contribution in [0.25, 0.3) is 0 Å².